The minimum absolute atomic E-state index is 0.370. The van der Waals surface area contributed by atoms with Gasteiger partial charge in [-0.25, -0.2) is 14.8 Å². The van der Waals surface area contributed by atoms with Crippen LogP contribution in [-0.4, -0.2) is 21.0 Å². The van der Waals surface area contributed by atoms with Crippen molar-refractivity contribution in [3.05, 3.63) is 66.0 Å². The number of aromatic nitrogens is 2. The number of benzene rings is 2. The number of para-hydroxylation sites is 1. The van der Waals surface area contributed by atoms with E-state index in [1.54, 1.807) is 31.2 Å². The summed E-state index contributed by atoms with van der Waals surface area (Å²) in [4.78, 5) is 20.6. The highest BCUT2D eigenvalue weighted by Crippen LogP contribution is 2.32. The number of carboxylic acids is 1. The van der Waals surface area contributed by atoms with Crippen LogP contribution in [0.15, 0.2) is 59.0 Å². The molecule has 2 N–H and O–H groups in total. The fourth-order valence-corrected chi connectivity index (χ4v) is 2.87. The number of nitrogens with one attached hydrogen (secondary N) is 1. The molecule has 0 saturated heterocycles. The third-order valence-electron chi connectivity index (χ3n) is 3.99. The summed E-state index contributed by atoms with van der Waals surface area (Å²) in [6.07, 6.45) is 0. The average Bonchev–Trinajstić information content (AvgIpc) is 2.99. The molecule has 1 atom stereocenters. The van der Waals surface area contributed by atoms with Crippen molar-refractivity contribution in [3.63, 3.8) is 0 Å². The lowest BCUT2D eigenvalue weighted by Crippen LogP contribution is -2.21. The van der Waals surface area contributed by atoms with Gasteiger partial charge in [-0.15, -0.1) is 0 Å². The Morgan fingerprint density at radius 3 is 2.56 bits per heavy atom. The standard InChI is InChI=1S/C19H15N3O3/c1-11-20-16-13-9-5-6-10-14(13)25-17(16)18(21-11)22-15(19(23)24)12-7-3-2-4-8-12/h2-10,15H,1H3,(H,23,24)(H,20,21,22). The monoisotopic (exact) mass is 333 g/mol. The van der Waals surface area contributed by atoms with Gasteiger partial charge in [-0.3, -0.25) is 0 Å². The fourth-order valence-electron chi connectivity index (χ4n) is 2.87. The predicted molar refractivity (Wildman–Crippen MR) is 94.5 cm³/mol. The quantitative estimate of drug-likeness (QED) is 0.588. The molecule has 6 nitrogen and oxygen atoms in total. The molecular formula is C19H15N3O3. The van der Waals surface area contributed by atoms with Gasteiger partial charge in [0.25, 0.3) is 0 Å². The molecule has 0 aliphatic carbocycles. The van der Waals surface area contributed by atoms with Crippen molar-refractivity contribution in [2.24, 2.45) is 0 Å². The van der Waals surface area contributed by atoms with E-state index in [4.69, 9.17) is 4.42 Å². The van der Waals surface area contributed by atoms with Gasteiger partial charge in [0.2, 0.25) is 0 Å². The highest BCUT2D eigenvalue weighted by Gasteiger charge is 2.23. The molecule has 0 fully saturated rings. The number of hydrogen-bond acceptors (Lipinski definition) is 5. The number of rotatable bonds is 4. The molecule has 0 aliphatic rings. The van der Waals surface area contributed by atoms with Crippen LogP contribution in [0.4, 0.5) is 5.82 Å². The van der Waals surface area contributed by atoms with Crippen molar-refractivity contribution in [1.29, 1.82) is 0 Å². The number of furan rings is 1. The number of carbonyl (C=O) groups is 1. The summed E-state index contributed by atoms with van der Waals surface area (Å²) in [5.74, 6) is -0.0829. The van der Waals surface area contributed by atoms with Gasteiger partial charge in [-0.1, -0.05) is 42.5 Å². The number of nitrogens with zero attached hydrogens (tertiary/aromatic N) is 2. The van der Waals surface area contributed by atoms with Gasteiger partial charge in [-0.05, 0) is 24.6 Å². The summed E-state index contributed by atoms with van der Waals surface area (Å²) in [7, 11) is 0. The number of carboxylic acid groups (broad SMARTS) is 1. The molecule has 0 amide bonds. The van der Waals surface area contributed by atoms with Crippen molar-refractivity contribution in [3.8, 4) is 0 Å². The summed E-state index contributed by atoms with van der Waals surface area (Å²) in [5, 5.41) is 13.5. The summed E-state index contributed by atoms with van der Waals surface area (Å²) in [5.41, 5.74) is 2.44. The van der Waals surface area contributed by atoms with Gasteiger partial charge in [0.1, 0.15) is 16.9 Å². The first kappa shape index (κ1) is 15.1. The molecular weight excluding hydrogens is 318 g/mol. The van der Waals surface area contributed by atoms with Crippen molar-refractivity contribution >= 4 is 33.9 Å². The van der Waals surface area contributed by atoms with Crippen LogP contribution in [0.5, 0.6) is 0 Å². The lowest BCUT2D eigenvalue weighted by Gasteiger charge is -2.15. The zero-order valence-corrected chi connectivity index (χ0v) is 13.4. The second-order valence-corrected chi connectivity index (χ2v) is 5.72. The topological polar surface area (TPSA) is 88.2 Å². The van der Waals surface area contributed by atoms with Gasteiger partial charge in [0.05, 0.1) is 0 Å². The normalized spacial score (nSPS) is 12.4. The summed E-state index contributed by atoms with van der Waals surface area (Å²) < 4.78 is 5.87. The van der Waals surface area contributed by atoms with E-state index in [9.17, 15) is 9.90 Å². The van der Waals surface area contributed by atoms with Crippen LogP contribution < -0.4 is 5.32 Å². The minimum atomic E-state index is -0.994. The Morgan fingerprint density at radius 2 is 1.80 bits per heavy atom. The first-order chi connectivity index (χ1) is 12.1. The summed E-state index contributed by atoms with van der Waals surface area (Å²) in [6.45, 7) is 1.77. The maximum atomic E-state index is 11.8. The molecule has 124 valence electrons. The van der Waals surface area contributed by atoms with E-state index in [0.717, 1.165) is 5.39 Å². The number of anilines is 1. The molecule has 4 aromatic rings. The van der Waals surface area contributed by atoms with E-state index in [2.05, 4.69) is 15.3 Å². The van der Waals surface area contributed by atoms with E-state index in [0.29, 0.717) is 33.9 Å². The van der Waals surface area contributed by atoms with Crippen LogP contribution in [0.3, 0.4) is 0 Å². The lowest BCUT2D eigenvalue weighted by molar-refractivity contribution is -0.138. The van der Waals surface area contributed by atoms with E-state index in [1.165, 1.54) is 0 Å². The second-order valence-electron chi connectivity index (χ2n) is 5.72. The Morgan fingerprint density at radius 1 is 1.08 bits per heavy atom. The third-order valence-corrected chi connectivity index (χ3v) is 3.99. The Balaban J connectivity index is 1.87. The molecule has 0 spiro atoms. The average molecular weight is 333 g/mol. The SMILES string of the molecule is Cc1nc(NC(C(=O)O)c2ccccc2)c2oc3ccccc3c2n1. The Hall–Kier alpha value is -3.41. The highest BCUT2D eigenvalue weighted by atomic mass is 16.4. The summed E-state index contributed by atoms with van der Waals surface area (Å²) >= 11 is 0. The van der Waals surface area contributed by atoms with E-state index in [-0.39, 0.29) is 0 Å². The Bertz CT molecular complexity index is 1070. The van der Waals surface area contributed by atoms with Crippen molar-refractivity contribution in [2.45, 2.75) is 13.0 Å². The smallest absolute Gasteiger partial charge is 0.330 e. The number of aryl methyl sites for hydroxylation is 1. The fraction of sp³-hybridized carbons (Fsp3) is 0.105. The maximum absolute atomic E-state index is 11.8. The first-order valence-corrected chi connectivity index (χ1v) is 7.83. The Kier molecular flexibility index (Phi) is 3.57. The molecule has 0 aliphatic heterocycles. The minimum Gasteiger partial charge on any atom is -0.479 e. The van der Waals surface area contributed by atoms with Gasteiger partial charge >= 0.3 is 5.97 Å². The molecule has 0 saturated carbocycles. The maximum Gasteiger partial charge on any atom is 0.330 e. The van der Waals surface area contributed by atoms with E-state index < -0.39 is 12.0 Å². The summed E-state index contributed by atoms with van der Waals surface area (Å²) in [6, 6.07) is 15.6. The molecule has 1 unspecified atom stereocenters. The molecule has 4 rings (SSSR count). The highest BCUT2D eigenvalue weighted by molar-refractivity contribution is 6.05. The van der Waals surface area contributed by atoms with Crippen molar-refractivity contribution < 1.29 is 14.3 Å². The largest absolute Gasteiger partial charge is 0.479 e. The second kappa shape index (κ2) is 5.90. The van der Waals surface area contributed by atoms with Crippen LogP contribution in [0, 0.1) is 6.92 Å². The Labute approximate surface area is 143 Å². The zero-order valence-electron chi connectivity index (χ0n) is 13.4. The zero-order chi connectivity index (χ0) is 17.4. The van der Waals surface area contributed by atoms with Crippen molar-refractivity contribution in [1.82, 2.24) is 9.97 Å². The number of fused-ring (bicyclic) bond motifs is 3. The van der Waals surface area contributed by atoms with Gasteiger partial charge in [-0.2, -0.15) is 0 Å². The predicted octanol–water partition coefficient (Wildman–Crippen LogP) is 3.92. The van der Waals surface area contributed by atoms with Gasteiger partial charge in [0, 0.05) is 5.39 Å². The molecule has 2 heterocycles. The lowest BCUT2D eigenvalue weighted by atomic mass is 10.1. The van der Waals surface area contributed by atoms with Gasteiger partial charge < -0.3 is 14.8 Å². The van der Waals surface area contributed by atoms with Crippen molar-refractivity contribution in [2.75, 3.05) is 5.32 Å². The third kappa shape index (κ3) is 2.67. The number of hydrogen-bond donors (Lipinski definition) is 2. The van der Waals surface area contributed by atoms with Crippen LogP contribution in [0.25, 0.3) is 22.1 Å². The van der Waals surface area contributed by atoms with E-state index >= 15 is 0 Å². The first-order valence-electron chi connectivity index (χ1n) is 7.83. The van der Waals surface area contributed by atoms with Crippen LogP contribution >= 0.6 is 0 Å². The van der Waals surface area contributed by atoms with Crippen LogP contribution in [0.1, 0.15) is 17.4 Å². The molecule has 2 aromatic heterocycles. The molecule has 2 aromatic carbocycles. The van der Waals surface area contributed by atoms with Crippen LogP contribution in [-0.2, 0) is 4.79 Å². The van der Waals surface area contributed by atoms with Crippen LogP contribution in [0.2, 0.25) is 0 Å². The van der Waals surface area contributed by atoms with Gasteiger partial charge in [0.15, 0.2) is 17.4 Å². The molecule has 0 bridgehead atoms. The molecule has 6 heteroatoms. The molecule has 25 heavy (non-hydrogen) atoms. The molecule has 0 radical (unpaired) electrons. The van der Waals surface area contributed by atoms with E-state index in [1.807, 2.05) is 30.3 Å². The number of aliphatic carboxylic acids is 1.